The second kappa shape index (κ2) is 5.71. The number of nitrogens with two attached hydrogens (primary N) is 1. The largest absolute Gasteiger partial charge is 0.449 e. The summed E-state index contributed by atoms with van der Waals surface area (Å²) in [7, 11) is 0. The van der Waals surface area contributed by atoms with Gasteiger partial charge in [0.15, 0.2) is 0 Å². The number of nitro groups is 1. The van der Waals surface area contributed by atoms with Crippen molar-refractivity contribution in [1.82, 2.24) is 0 Å². The van der Waals surface area contributed by atoms with Crippen LogP contribution in [0.1, 0.15) is 24.1 Å². The van der Waals surface area contributed by atoms with E-state index < -0.39 is 4.92 Å². The number of hydrogen-bond acceptors (Lipinski definition) is 4. The molecule has 0 unspecified atom stereocenters. The first-order valence-corrected chi connectivity index (χ1v) is 6.27. The molecular weight excluding hydrogens is 256 g/mol. The van der Waals surface area contributed by atoms with Crippen LogP contribution >= 0.6 is 0 Å². The Morgan fingerprint density at radius 3 is 2.55 bits per heavy atom. The Kier molecular flexibility index (Phi) is 4.00. The van der Waals surface area contributed by atoms with Crippen LogP contribution in [0.15, 0.2) is 42.5 Å². The summed E-state index contributed by atoms with van der Waals surface area (Å²) >= 11 is 0. The number of benzene rings is 2. The Morgan fingerprint density at radius 1 is 1.20 bits per heavy atom. The van der Waals surface area contributed by atoms with Gasteiger partial charge in [0, 0.05) is 17.7 Å². The fourth-order valence-electron chi connectivity index (χ4n) is 1.97. The summed E-state index contributed by atoms with van der Waals surface area (Å²) in [5.74, 6) is 0.797. The number of para-hydroxylation sites is 2. The molecule has 0 aliphatic heterocycles. The minimum atomic E-state index is -0.448. The zero-order valence-electron chi connectivity index (χ0n) is 11.4. The number of ether oxygens (including phenoxy) is 1. The first-order valence-electron chi connectivity index (χ1n) is 6.27. The molecule has 0 aliphatic rings. The van der Waals surface area contributed by atoms with E-state index in [4.69, 9.17) is 10.5 Å². The topological polar surface area (TPSA) is 78.4 Å². The molecule has 0 aliphatic carbocycles. The molecule has 5 nitrogen and oxygen atoms in total. The maximum absolute atomic E-state index is 11.1. The summed E-state index contributed by atoms with van der Waals surface area (Å²) in [6.07, 6.45) is 0. The van der Waals surface area contributed by atoms with Gasteiger partial charge in [0.25, 0.3) is 0 Å². The fraction of sp³-hybridized carbons (Fsp3) is 0.200. The van der Waals surface area contributed by atoms with Gasteiger partial charge >= 0.3 is 5.69 Å². The molecule has 0 bridgehead atoms. The van der Waals surface area contributed by atoms with Crippen LogP contribution in [0.3, 0.4) is 0 Å². The van der Waals surface area contributed by atoms with Crippen molar-refractivity contribution < 1.29 is 9.66 Å². The number of nitrogens with zero attached hydrogens (tertiary/aromatic N) is 1. The Morgan fingerprint density at radius 2 is 1.90 bits per heavy atom. The smallest absolute Gasteiger partial charge is 0.311 e. The van der Waals surface area contributed by atoms with Crippen LogP contribution < -0.4 is 10.5 Å². The summed E-state index contributed by atoms with van der Waals surface area (Å²) in [5, 5.41) is 11.1. The minimum Gasteiger partial charge on any atom is -0.449 e. The molecule has 0 heterocycles. The lowest BCUT2D eigenvalue weighted by atomic mass is 10.1. The van der Waals surface area contributed by atoms with Gasteiger partial charge < -0.3 is 10.5 Å². The van der Waals surface area contributed by atoms with Crippen molar-refractivity contribution in [3.8, 4) is 11.5 Å². The van der Waals surface area contributed by atoms with Crippen molar-refractivity contribution in [2.75, 3.05) is 0 Å². The molecule has 2 rings (SSSR count). The summed E-state index contributed by atoms with van der Waals surface area (Å²) in [4.78, 5) is 10.6. The first kappa shape index (κ1) is 14.0. The molecule has 0 radical (unpaired) electrons. The van der Waals surface area contributed by atoms with E-state index in [2.05, 4.69) is 0 Å². The predicted molar refractivity (Wildman–Crippen MR) is 77.0 cm³/mol. The Bertz CT molecular complexity index is 639. The van der Waals surface area contributed by atoms with E-state index in [-0.39, 0.29) is 17.5 Å². The molecule has 1 atom stereocenters. The Labute approximate surface area is 117 Å². The molecule has 0 fully saturated rings. The molecule has 0 saturated carbocycles. The molecule has 2 aromatic rings. The third kappa shape index (κ3) is 2.78. The van der Waals surface area contributed by atoms with Crippen LogP contribution in [0.2, 0.25) is 0 Å². The van der Waals surface area contributed by atoms with Crippen molar-refractivity contribution in [3.05, 3.63) is 63.7 Å². The van der Waals surface area contributed by atoms with Crippen molar-refractivity contribution in [2.45, 2.75) is 19.9 Å². The molecule has 2 aromatic carbocycles. The zero-order valence-corrected chi connectivity index (χ0v) is 11.4. The molecule has 0 spiro atoms. The van der Waals surface area contributed by atoms with E-state index in [0.29, 0.717) is 11.3 Å². The fourth-order valence-corrected chi connectivity index (χ4v) is 1.97. The van der Waals surface area contributed by atoms with Gasteiger partial charge in [-0.15, -0.1) is 0 Å². The maximum Gasteiger partial charge on any atom is 0.311 e. The third-order valence-electron chi connectivity index (χ3n) is 3.01. The number of aryl methyl sites for hydroxylation is 1. The summed E-state index contributed by atoms with van der Waals surface area (Å²) in [5.41, 5.74) is 7.36. The van der Waals surface area contributed by atoms with Gasteiger partial charge in [-0.3, -0.25) is 10.1 Å². The second-order valence-corrected chi connectivity index (χ2v) is 4.61. The van der Waals surface area contributed by atoms with E-state index in [1.165, 1.54) is 6.07 Å². The summed E-state index contributed by atoms with van der Waals surface area (Å²) in [6.45, 7) is 3.62. The van der Waals surface area contributed by atoms with Crippen LogP contribution in [0.25, 0.3) is 0 Å². The van der Waals surface area contributed by atoms with Crippen LogP contribution in [-0.4, -0.2) is 4.92 Å². The molecular formula is C15H16N2O3. The highest BCUT2D eigenvalue weighted by molar-refractivity contribution is 5.54. The molecule has 104 valence electrons. The van der Waals surface area contributed by atoms with Crippen molar-refractivity contribution in [3.63, 3.8) is 0 Å². The highest BCUT2D eigenvalue weighted by atomic mass is 16.6. The van der Waals surface area contributed by atoms with Crippen LogP contribution in [-0.2, 0) is 0 Å². The lowest BCUT2D eigenvalue weighted by molar-refractivity contribution is -0.385. The average molecular weight is 272 g/mol. The van der Waals surface area contributed by atoms with Crippen LogP contribution in [0.5, 0.6) is 11.5 Å². The molecule has 0 amide bonds. The molecule has 2 N–H and O–H groups in total. The lowest BCUT2D eigenvalue weighted by Crippen LogP contribution is -2.07. The monoisotopic (exact) mass is 272 g/mol. The third-order valence-corrected chi connectivity index (χ3v) is 3.01. The van der Waals surface area contributed by atoms with Crippen molar-refractivity contribution in [2.24, 2.45) is 5.73 Å². The van der Waals surface area contributed by atoms with Gasteiger partial charge in [0.2, 0.25) is 5.75 Å². The van der Waals surface area contributed by atoms with E-state index in [0.717, 1.165) is 5.56 Å². The summed E-state index contributed by atoms with van der Waals surface area (Å²) in [6, 6.07) is 11.9. The number of hydrogen-bond donors (Lipinski definition) is 1. The number of nitro benzene ring substituents is 1. The Balaban J connectivity index is 2.48. The van der Waals surface area contributed by atoms with E-state index >= 15 is 0 Å². The van der Waals surface area contributed by atoms with Gasteiger partial charge in [-0.25, -0.2) is 0 Å². The van der Waals surface area contributed by atoms with Gasteiger partial charge in [-0.05, 0) is 25.5 Å². The molecule has 0 aromatic heterocycles. The van der Waals surface area contributed by atoms with Gasteiger partial charge in [-0.2, -0.15) is 0 Å². The second-order valence-electron chi connectivity index (χ2n) is 4.61. The summed E-state index contributed by atoms with van der Waals surface area (Å²) < 4.78 is 5.77. The van der Waals surface area contributed by atoms with E-state index in [9.17, 15) is 10.1 Å². The normalized spacial score (nSPS) is 11.9. The van der Waals surface area contributed by atoms with E-state index in [1.807, 2.05) is 25.1 Å². The quantitative estimate of drug-likeness (QED) is 0.679. The zero-order chi connectivity index (χ0) is 14.7. The van der Waals surface area contributed by atoms with Crippen molar-refractivity contribution in [1.29, 1.82) is 0 Å². The van der Waals surface area contributed by atoms with Gasteiger partial charge in [0.05, 0.1) is 4.92 Å². The molecule has 0 saturated heterocycles. The molecule has 20 heavy (non-hydrogen) atoms. The molecule has 5 heteroatoms. The average Bonchev–Trinajstić information content (AvgIpc) is 2.41. The van der Waals surface area contributed by atoms with E-state index in [1.54, 1.807) is 25.1 Å². The van der Waals surface area contributed by atoms with Gasteiger partial charge in [0.1, 0.15) is 5.75 Å². The van der Waals surface area contributed by atoms with Gasteiger partial charge in [-0.1, -0.05) is 30.3 Å². The first-order chi connectivity index (χ1) is 9.50. The number of rotatable bonds is 4. The predicted octanol–water partition coefficient (Wildman–Crippen LogP) is 3.72. The Hall–Kier alpha value is -2.40. The minimum absolute atomic E-state index is 0.0514. The van der Waals surface area contributed by atoms with Crippen LogP contribution in [0.4, 0.5) is 5.69 Å². The highest BCUT2D eigenvalue weighted by Gasteiger charge is 2.19. The SMILES string of the molecule is Cc1cccc([N+](=O)[O-])c1Oc1ccccc1[C@@H](C)N. The maximum atomic E-state index is 11.1. The highest BCUT2D eigenvalue weighted by Crippen LogP contribution is 2.36. The van der Waals surface area contributed by atoms with Crippen molar-refractivity contribution >= 4 is 5.69 Å². The van der Waals surface area contributed by atoms with Crippen LogP contribution in [0, 0.1) is 17.0 Å². The standard InChI is InChI=1S/C15H16N2O3/c1-10-6-5-8-13(17(18)19)15(10)20-14-9-4-3-7-12(14)11(2)16/h3-9,11H,16H2,1-2H3/t11-/m1/s1. The lowest BCUT2D eigenvalue weighted by Gasteiger charge is -2.14.